The molecule has 0 aliphatic carbocycles. The van der Waals surface area contributed by atoms with E-state index in [9.17, 15) is 33.4 Å². The Balaban J connectivity index is 1.77. The van der Waals surface area contributed by atoms with E-state index in [1.165, 1.54) is 37.5 Å². The summed E-state index contributed by atoms with van der Waals surface area (Å²) in [5, 5.41) is 22.8. The molecule has 0 aliphatic rings. The summed E-state index contributed by atoms with van der Waals surface area (Å²) < 4.78 is 27.2. The van der Waals surface area contributed by atoms with E-state index in [1.54, 1.807) is 30.3 Å². The molecule has 0 aromatic heterocycles. The molecule has 0 radical (unpaired) electrons. The van der Waals surface area contributed by atoms with Crippen LogP contribution in [0.2, 0.25) is 0 Å². The molecule has 0 saturated heterocycles. The van der Waals surface area contributed by atoms with E-state index in [0.717, 1.165) is 57.1 Å². The minimum Gasteiger partial charge on any atom is -0.479 e. The van der Waals surface area contributed by atoms with Crippen molar-refractivity contribution in [2.45, 2.75) is 103 Å². The molecular formula is C35H47F2NO5. The first kappa shape index (κ1) is 35.8. The number of carbonyl (C=O) groups excluding carboxylic acids is 2. The molecule has 2 rings (SSSR count). The van der Waals surface area contributed by atoms with Gasteiger partial charge < -0.3 is 15.5 Å². The summed E-state index contributed by atoms with van der Waals surface area (Å²) in [5.74, 6) is -4.33. The second kappa shape index (κ2) is 19.0. The Kier molecular flexibility index (Phi) is 15.8. The maximum atomic E-state index is 14.1. The lowest BCUT2D eigenvalue weighted by atomic mass is 9.87. The van der Waals surface area contributed by atoms with Gasteiger partial charge in [0.15, 0.2) is 5.60 Å². The summed E-state index contributed by atoms with van der Waals surface area (Å²) in [7, 11) is 0. The van der Waals surface area contributed by atoms with Gasteiger partial charge in [0.2, 0.25) is 5.91 Å². The van der Waals surface area contributed by atoms with Crippen LogP contribution in [0.5, 0.6) is 0 Å². The lowest BCUT2D eigenvalue weighted by Crippen LogP contribution is -2.49. The number of rotatable bonds is 21. The molecule has 0 fully saturated rings. The Hall–Kier alpha value is -3.39. The summed E-state index contributed by atoms with van der Waals surface area (Å²) in [5.41, 5.74) is -0.546. The fraction of sp³-hybridized carbons (Fsp3) is 0.514. The Morgan fingerprint density at radius 2 is 1.53 bits per heavy atom. The van der Waals surface area contributed by atoms with Gasteiger partial charge >= 0.3 is 5.97 Å². The Labute approximate surface area is 254 Å². The summed E-state index contributed by atoms with van der Waals surface area (Å²) in [4.78, 5) is 36.6. The molecule has 8 heteroatoms. The van der Waals surface area contributed by atoms with Gasteiger partial charge in [-0.1, -0.05) is 81.9 Å². The summed E-state index contributed by atoms with van der Waals surface area (Å²) in [6.45, 7) is 3.49. The molecule has 0 bridgehead atoms. The van der Waals surface area contributed by atoms with Crippen molar-refractivity contribution >= 4 is 17.7 Å². The van der Waals surface area contributed by atoms with Crippen molar-refractivity contribution in [2.24, 2.45) is 5.92 Å². The summed E-state index contributed by atoms with van der Waals surface area (Å²) in [6.07, 6.45) is 14.8. The van der Waals surface area contributed by atoms with Gasteiger partial charge in [-0.05, 0) is 62.3 Å². The Morgan fingerprint density at radius 1 is 0.907 bits per heavy atom. The monoisotopic (exact) mass is 599 g/mol. The van der Waals surface area contributed by atoms with Crippen LogP contribution in [0.3, 0.4) is 0 Å². The highest BCUT2D eigenvalue weighted by Crippen LogP contribution is 2.24. The number of unbranched alkanes of at least 4 members (excludes halogenated alkanes) is 8. The first-order chi connectivity index (χ1) is 20.6. The highest BCUT2D eigenvalue weighted by molar-refractivity contribution is 5.90. The smallest absolute Gasteiger partial charge is 0.336 e. The van der Waals surface area contributed by atoms with Gasteiger partial charge in [0.25, 0.3) is 0 Å². The minimum atomic E-state index is -2.28. The van der Waals surface area contributed by atoms with Crippen LogP contribution in [-0.2, 0) is 20.8 Å². The highest BCUT2D eigenvalue weighted by atomic mass is 19.1. The van der Waals surface area contributed by atoms with Crippen LogP contribution >= 0.6 is 0 Å². The zero-order valence-electron chi connectivity index (χ0n) is 25.5. The van der Waals surface area contributed by atoms with Crippen molar-refractivity contribution in [1.29, 1.82) is 0 Å². The van der Waals surface area contributed by atoms with Crippen molar-refractivity contribution in [2.75, 3.05) is 6.54 Å². The molecule has 2 atom stereocenters. The van der Waals surface area contributed by atoms with E-state index < -0.39 is 35.0 Å². The summed E-state index contributed by atoms with van der Waals surface area (Å²) in [6, 6.07) is 10.4. The topological polar surface area (TPSA) is 104 Å². The summed E-state index contributed by atoms with van der Waals surface area (Å²) >= 11 is 0. The average molecular weight is 600 g/mol. The van der Waals surface area contributed by atoms with Gasteiger partial charge in [0.1, 0.15) is 17.4 Å². The van der Waals surface area contributed by atoms with E-state index in [0.29, 0.717) is 37.0 Å². The molecular weight excluding hydrogens is 552 g/mol. The normalized spacial score (nSPS) is 13.5. The van der Waals surface area contributed by atoms with Gasteiger partial charge in [-0.25, -0.2) is 13.6 Å². The van der Waals surface area contributed by atoms with E-state index in [2.05, 4.69) is 12.2 Å². The molecule has 0 heterocycles. The average Bonchev–Trinajstić information content (AvgIpc) is 2.96. The van der Waals surface area contributed by atoms with E-state index in [1.807, 2.05) is 0 Å². The fourth-order valence-corrected chi connectivity index (χ4v) is 4.90. The number of hydrogen-bond acceptors (Lipinski definition) is 4. The number of ketones is 1. The van der Waals surface area contributed by atoms with Crippen LogP contribution in [0.25, 0.3) is 11.1 Å². The molecule has 6 nitrogen and oxygen atoms in total. The second-order valence-electron chi connectivity index (χ2n) is 11.4. The number of Topliss-reactive ketones (excluding diaryl/α,β-unsaturated/α-hetero) is 1. The molecule has 1 amide bonds. The first-order valence-corrected chi connectivity index (χ1v) is 15.5. The number of aliphatic carboxylic acids is 1. The largest absolute Gasteiger partial charge is 0.479 e. The van der Waals surface area contributed by atoms with E-state index >= 15 is 0 Å². The number of aliphatic hydroxyl groups is 1. The van der Waals surface area contributed by atoms with Gasteiger partial charge in [0.05, 0.1) is 5.92 Å². The zero-order valence-corrected chi connectivity index (χ0v) is 25.5. The number of benzene rings is 2. The second-order valence-corrected chi connectivity index (χ2v) is 11.4. The number of nitrogens with one attached hydrogen (secondary N) is 1. The van der Waals surface area contributed by atoms with Crippen molar-refractivity contribution in [3.8, 4) is 11.1 Å². The maximum Gasteiger partial charge on any atom is 0.336 e. The standard InChI is InChI=1S/C35H47F2NO5/c1-3-4-5-8-11-14-29(39)15-12-9-6-7-10-13-16-31(35(2,43)34(41)42)33(40)38-24-23-26-17-19-27(20-18-26)30-22-21-28(36)25-32(30)37/h13,16-22,25,31,43H,3-12,14-15,23-24H2,1-2H3,(H,38,40)(H,41,42)/b16-13+/t31-,35+/m1/s1. The lowest BCUT2D eigenvalue weighted by Gasteiger charge is -2.25. The predicted octanol–water partition coefficient (Wildman–Crippen LogP) is 7.57. The number of hydrogen-bond donors (Lipinski definition) is 3. The van der Waals surface area contributed by atoms with Gasteiger partial charge in [0, 0.05) is 31.0 Å². The van der Waals surface area contributed by atoms with Crippen LogP contribution in [0.1, 0.15) is 96.5 Å². The molecule has 0 spiro atoms. The number of carbonyl (C=O) groups is 3. The van der Waals surface area contributed by atoms with Crippen molar-refractivity contribution in [3.05, 3.63) is 71.8 Å². The van der Waals surface area contributed by atoms with Crippen LogP contribution < -0.4 is 5.32 Å². The van der Waals surface area contributed by atoms with Crippen LogP contribution in [-0.4, -0.2) is 40.0 Å². The molecule has 43 heavy (non-hydrogen) atoms. The van der Waals surface area contributed by atoms with Crippen molar-refractivity contribution in [1.82, 2.24) is 5.32 Å². The third-order valence-electron chi connectivity index (χ3n) is 7.69. The number of amides is 1. The number of carboxylic acids is 1. The molecule has 0 unspecified atom stereocenters. The van der Waals surface area contributed by atoms with Crippen molar-refractivity contribution in [3.63, 3.8) is 0 Å². The molecule has 0 saturated carbocycles. The third-order valence-corrected chi connectivity index (χ3v) is 7.69. The molecule has 2 aromatic rings. The lowest BCUT2D eigenvalue weighted by molar-refractivity contribution is -0.163. The Morgan fingerprint density at radius 3 is 2.14 bits per heavy atom. The minimum absolute atomic E-state index is 0.209. The predicted molar refractivity (Wildman–Crippen MR) is 165 cm³/mol. The third kappa shape index (κ3) is 12.8. The van der Waals surface area contributed by atoms with Crippen molar-refractivity contribution < 1.29 is 33.4 Å². The van der Waals surface area contributed by atoms with E-state index in [-0.39, 0.29) is 12.1 Å². The quantitative estimate of drug-likeness (QED) is 0.101. The van der Waals surface area contributed by atoms with Crippen LogP contribution in [0.15, 0.2) is 54.6 Å². The SMILES string of the molecule is CCCCCCCC(=O)CCCCCC/C=C/[C@H](C(=O)NCCc1ccc(-c2ccc(F)cc2F)cc1)[C@](C)(O)C(=O)O. The zero-order chi connectivity index (χ0) is 31.7. The van der Waals surface area contributed by atoms with Crippen LogP contribution in [0, 0.1) is 17.6 Å². The first-order valence-electron chi connectivity index (χ1n) is 15.5. The Bertz CT molecular complexity index is 1190. The number of allylic oxidation sites excluding steroid dienone is 1. The number of carboxylic acid groups (broad SMARTS) is 1. The number of halogens is 2. The molecule has 0 aliphatic heterocycles. The van der Waals surface area contributed by atoms with Gasteiger partial charge in [-0.15, -0.1) is 0 Å². The highest BCUT2D eigenvalue weighted by Gasteiger charge is 2.42. The fourth-order valence-electron chi connectivity index (χ4n) is 4.90. The van der Waals surface area contributed by atoms with Gasteiger partial charge in [-0.2, -0.15) is 0 Å². The molecule has 2 aromatic carbocycles. The van der Waals surface area contributed by atoms with Gasteiger partial charge in [-0.3, -0.25) is 9.59 Å². The molecule has 236 valence electrons. The maximum absolute atomic E-state index is 14.1. The van der Waals surface area contributed by atoms with E-state index in [4.69, 9.17) is 0 Å². The van der Waals surface area contributed by atoms with Crippen LogP contribution in [0.4, 0.5) is 8.78 Å². The molecule has 3 N–H and O–H groups in total.